The van der Waals surface area contributed by atoms with Crippen LogP contribution >= 0.6 is 0 Å². The number of aliphatic imine (C=N–C) groups is 2. The van der Waals surface area contributed by atoms with E-state index >= 15 is 0 Å². The van der Waals surface area contributed by atoms with Crippen LogP contribution in [0.2, 0.25) is 0 Å². The summed E-state index contributed by atoms with van der Waals surface area (Å²) in [6, 6.07) is 28.3. The minimum atomic E-state index is -0.960. The summed E-state index contributed by atoms with van der Waals surface area (Å²) >= 11 is 0. The highest BCUT2D eigenvalue weighted by Gasteiger charge is 2.27. The molecule has 1 aliphatic carbocycles. The summed E-state index contributed by atoms with van der Waals surface area (Å²) in [5.74, 6) is 0.444. The fourth-order valence-electron chi connectivity index (χ4n) is 6.27. The van der Waals surface area contributed by atoms with Crippen molar-refractivity contribution in [2.75, 3.05) is 18.6 Å². The molecule has 1 heterocycles. The lowest BCUT2D eigenvalue weighted by Gasteiger charge is -2.33. The van der Waals surface area contributed by atoms with Gasteiger partial charge in [-0.25, -0.2) is 9.79 Å². The van der Waals surface area contributed by atoms with Crippen molar-refractivity contribution in [3.8, 4) is 16.9 Å². The molecule has 1 fully saturated rings. The second-order valence-electron chi connectivity index (χ2n) is 13.3. The van der Waals surface area contributed by atoms with Crippen LogP contribution in [0.1, 0.15) is 92.4 Å². The van der Waals surface area contributed by atoms with Crippen molar-refractivity contribution in [3.05, 3.63) is 113 Å². The summed E-state index contributed by atoms with van der Waals surface area (Å²) in [5, 5.41) is 9.63. The molecule has 2 aliphatic rings. The molecule has 4 aromatic carbocycles. The Morgan fingerprint density at radius 3 is 2.31 bits per heavy atom. The molecule has 0 radical (unpaired) electrons. The zero-order valence-corrected chi connectivity index (χ0v) is 29.7. The molecule has 0 amide bonds. The Hall–Kier alpha value is -4.91. The number of carboxylic acid groups (broad SMARTS) is 1. The molecule has 7 nitrogen and oxygen atoms in total. The van der Waals surface area contributed by atoms with Gasteiger partial charge in [-0.15, -0.1) is 0 Å². The van der Waals surface area contributed by atoms with Crippen molar-refractivity contribution < 1.29 is 19.4 Å². The van der Waals surface area contributed by atoms with Crippen molar-refractivity contribution in [1.82, 2.24) is 0 Å². The van der Waals surface area contributed by atoms with Gasteiger partial charge in [-0.2, -0.15) is 0 Å². The molecule has 1 aliphatic heterocycles. The van der Waals surface area contributed by atoms with Gasteiger partial charge in [-0.05, 0) is 110 Å². The first-order chi connectivity index (χ1) is 23.6. The molecule has 0 saturated heterocycles. The van der Waals surface area contributed by atoms with E-state index in [0.717, 1.165) is 52.1 Å². The maximum Gasteiger partial charge on any atom is 0.335 e. The summed E-state index contributed by atoms with van der Waals surface area (Å²) in [4.78, 5) is 23.6. The van der Waals surface area contributed by atoms with Crippen molar-refractivity contribution in [1.29, 1.82) is 0 Å². The number of nitrogens with zero attached hydrogens (tertiary/aromatic N) is 3. The van der Waals surface area contributed by atoms with Crippen LogP contribution in [0.3, 0.4) is 0 Å². The maximum atomic E-state index is 11.7. The minimum absolute atomic E-state index is 0.228. The van der Waals surface area contributed by atoms with E-state index in [0.29, 0.717) is 30.8 Å². The van der Waals surface area contributed by atoms with Crippen LogP contribution in [0.4, 0.5) is 11.4 Å². The average molecular weight is 660 g/mol. The van der Waals surface area contributed by atoms with Crippen LogP contribution < -0.4 is 9.64 Å². The van der Waals surface area contributed by atoms with E-state index in [1.807, 2.05) is 44.2 Å². The topological polar surface area (TPSA) is 83.7 Å². The largest absolute Gasteiger partial charge is 0.489 e. The quantitative estimate of drug-likeness (QED) is 0.171. The molecule has 256 valence electrons. The van der Waals surface area contributed by atoms with Gasteiger partial charge < -0.3 is 19.5 Å². The Balaban J connectivity index is 0.00000230. The van der Waals surface area contributed by atoms with Crippen LogP contribution in [0, 0.1) is 6.92 Å². The predicted octanol–water partition coefficient (Wildman–Crippen LogP) is 10.0. The van der Waals surface area contributed by atoms with Gasteiger partial charge in [0.05, 0.1) is 22.5 Å². The normalized spacial score (nSPS) is 15.6. The third-order valence-electron chi connectivity index (χ3n) is 9.03. The van der Waals surface area contributed by atoms with Gasteiger partial charge in [-0.3, -0.25) is 4.99 Å². The third kappa shape index (κ3) is 8.96. The number of rotatable bonds is 10. The first kappa shape index (κ1) is 35.4. The highest BCUT2D eigenvalue weighted by molar-refractivity contribution is 5.96. The summed E-state index contributed by atoms with van der Waals surface area (Å²) in [5.41, 5.74) is 7.91. The predicted molar refractivity (Wildman–Crippen MR) is 201 cm³/mol. The SMILES string of the molecule is CC.Cc1ccc(-c2ccc(C3=NC(C)(C)CO3)cc2COc2ccc(C=Nc3cc(C(=O)O)ccc3N(C)C3CCCCC3)cc2)cc1. The lowest BCUT2D eigenvalue weighted by Crippen LogP contribution is -2.33. The fourth-order valence-corrected chi connectivity index (χ4v) is 6.27. The van der Waals surface area contributed by atoms with Gasteiger partial charge >= 0.3 is 5.97 Å². The van der Waals surface area contributed by atoms with Gasteiger partial charge in [0.15, 0.2) is 0 Å². The second-order valence-corrected chi connectivity index (χ2v) is 13.3. The van der Waals surface area contributed by atoms with E-state index in [2.05, 4.69) is 75.2 Å². The molecule has 7 heteroatoms. The van der Waals surface area contributed by atoms with Crippen molar-refractivity contribution >= 4 is 29.5 Å². The molecule has 1 saturated carbocycles. The molecule has 6 rings (SSSR count). The Bertz CT molecular complexity index is 1790. The van der Waals surface area contributed by atoms with Gasteiger partial charge in [0.1, 0.15) is 19.0 Å². The molecule has 0 unspecified atom stereocenters. The van der Waals surface area contributed by atoms with E-state index in [4.69, 9.17) is 19.5 Å². The Morgan fingerprint density at radius 1 is 0.959 bits per heavy atom. The number of anilines is 1. The number of aryl methyl sites for hydroxylation is 1. The van der Waals surface area contributed by atoms with Gasteiger partial charge in [-0.1, -0.05) is 69.0 Å². The summed E-state index contributed by atoms with van der Waals surface area (Å²) in [6.45, 7) is 11.2. The number of ether oxygens (including phenoxy) is 2. The maximum absolute atomic E-state index is 11.7. The first-order valence-corrected chi connectivity index (χ1v) is 17.5. The smallest absolute Gasteiger partial charge is 0.335 e. The average Bonchev–Trinajstić information content (AvgIpc) is 3.50. The zero-order valence-electron chi connectivity index (χ0n) is 29.7. The van der Waals surface area contributed by atoms with Crippen LogP contribution in [-0.4, -0.2) is 48.4 Å². The molecule has 4 aromatic rings. The lowest BCUT2D eigenvalue weighted by molar-refractivity contribution is 0.0697. The third-order valence-corrected chi connectivity index (χ3v) is 9.03. The Morgan fingerprint density at radius 2 is 1.65 bits per heavy atom. The number of hydrogen-bond donors (Lipinski definition) is 1. The number of carboxylic acids is 1. The standard InChI is InChI=1S/C40H43N3O4.C2H6/c1-27-10-14-29(15-11-27)35-20-16-30(38-42-40(2,3)26-47-38)22-32(35)25-46-34-18-12-28(13-19-34)24-41-36-23-31(39(44)45)17-21-37(36)43(4)33-8-6-5-7-9-33;1-2/h10-24,33H,5-9,25-26H2,1-4H3,(H,44,45);1-2H3. The molecule has 0 aromatic heterocycles. The van der Waals surface area contributed by atoms with Gasteiger partial charge in [0, 0.05) is 24.9 Å². The molecular weight excluding hydrogens is 610 g/mol. The summed E-state index contributed by atoms with van der Waals surface area (Å²) in [6.07, 6.45) is 7.77. The van der Waals surface area contributed by atoms with Crippen molar-refractivity contribution in [3.63, 3.8) is 0 Å². The number of benzene rings is 4. The van der Waals surface area contributed by atoms with Crippen LogP contribution in [-0.2, 0) is 11.3 Å². The number of hydrogen-bond acceptors (Lipinski definition) is 6. The van der Waals surface area contributed by atoms with Crippen LogP contribution in [0.15, 0.2) is 94.9 Å². The fraction of sp³-hybridized carbons (Fsp3) is 0.357. The van der Waals surface area contributed by atoms with Gasteiger partial charge in [0.2, 0.25) is 5.90 Å². The summed E-state index contributed by atoms with van der Waals surface area (Å²) < 4.78 is 12.3. The highest BCUT2D eigenvalue weighted by atomic mass is 16.5. The zero-order chi connectivity index (χ0) is 35.0. The van der Waals surface area contributed by atoms with E-state index in [9.17, 15) is 9.90 Å². The van der Waals surface area contributed by atoms with E-state index in [1.165, 1.54) is 24.8 Å². The lowest BCUT2D eigenvalue weighted by atomic mass is 9.94. The van der Waals surface area contributed by atoms with Crippen molar-refractivity contribution in [2.45, 2.75) is 84.9 Å². The second kappa shape index (κ2) is 16.0. The molecule has 0 bridgehead atoms. The van der Waals surface area contributed by atoms with Gasteiger partial charge in [0.25, 0.3) is 0 Å². The minimum Gasteiger partial charge on any atom is -0.489 e. The van der Waals surface area contributed by atoms with E-state index in [-0.39, 0.29) is 11.1 Å². The first-order valence-electron chi connectivity index (χ1n) is 17.5. The Labute approximate surface area is 291 Å². The summed E-state index contributed by atoms with van der Waals surface area (Å²) in [7, 11) is 2.09. The van der Waals surface area contributed by atoms with Crippen LogP contribution in [0.5, 0.6) is 5.75 Å². The monoisotopic (exact) mass is 659 g/mol. The molecular formula is C42H49N3O4. The number of aromatic carboxylic acids is 1. The molecule has 0 atom stereocenters. The Kier molecular flexibility index (Phi) is 11.6. The molecule has 1 N–H and O–H groups in total. The number of carbonyl (C=O) groups is 1. The van der Waals surface area contributed by atoms with Crippen LogP contribution in [0.25, 0.3) is 11.1 Å². The highest BCUT2D eigenvalue weighted by Crippen LogP contribution is 2.34. The van der Waals surface area contributed by atoms with E-state index < -0.39 is 5.97 Å². The van der Waals surface area contributed by atoms with E-state index in [1.54, 1.807) is 18.3 Å². The molecule has 0 spiro atoms. The molecule has 49 heavy (non-hydrogen) atoms. The van der Waals surface area contributed by atoms with Crippen molar-refractivity contribution in [2.24, 2.45) is 9.98 Å².